The molecule has 0 aliphatic heterocycles. The highest BCUT2D eigenvalue weighted by Crippen LogP contribution is 2.37. The maximum absolute atomic E-state index is 12.7. The van der Waals surface area contributed by atoms with Gasteiger partial charge in [-0.3, -0.25) is 14.8 Å². The van der Waals surface area contributed by atoms with Gasteiger partial charge in [-0.1, -0.05) is 32.9 Å². The molecule has 12 nitrogen and oxygen atoms in total. The van der Waals surface area contributed by atoms with Crippen molar-refractivity contribution in [1.82, 2.24) is 30.4 Å². The Balaban J connectivity index is 1.60. The van der Waals surface area contributed by atoms with E-state index >= 15 is 0 Å². The van der Waals surface area contributed by atoms with Crippen molar-refractivity contribution in [2.75, 3.05) is 13.2 Å². The Labute approximate surface area is 302 Å². The molecule has 1 aromatic carbocycles. The molecule has 3 aromatic heterocycles. The lowest BCUT2D eigenvalue weighted by molar-refractivity contribution is 0.0472. The van der Waals surface area contributed by atoms with E-state index in [0.717, 1.165) is 16.8 Å². The number of hydrogen-bond acceptors (Lipinski definition) is 9. The van der Waals surface area contributed by atoms with Crippen molar-refractivity contribution < 1.29 is 23.8 Å². The number of aryl methyl sites for hydroxylation is 2. The van der Waals surface area contributed by atoms with E-state index in [9.17, 15) is 14.7 Å². The van der Waals surface area contributed by atoms with E-state index in [-0.39, 0.29) is 36.3 Å². The maximum atomic E-state index is 12.7. The third-order valence-electron chi connectivity index (χ3n) is 9.04. The van der Waals surface area contributed by atoms with Gasteiger partial charge >= 0.3 is 6.09 Å². The average molecular weight is 721 g/mol. The van der Waals surface area contributed by atoms with Crippen molar-refractivity contribution in [2.45, 2.75) is 118 Å². The lowest BCUT2D eigenvalue weighted by Crippen LogP contribution is -2.49. The maximum Gasteiger partial charge on any atom is 0.407 e. The van der Waals surface area contributed by atoms with Crippen LogP contribution in [0.25, 0.3) is 22.3 Å². The molecule has 0 radical (unpaired) electrons. The third kappa shape index (κ3) is 10.5. The van der Waals surface area contributed by atoms with Gasteiger partial charge in [-0.05, 0) is 96.4 Å². The summed E-state index contributed by atoms with van der Waals surface area (Å²) in [7, 11) is -2.22. The smallest absolute Gasteiger partial charge is 0.407 e. The highest BCUT2D eigenvalue weighted by Gasteiger charge is 2.39. The molecule has 51 heavy (non-hydrogen) atoms. The summed E-state index contributed by atoms with van der Waals surface area (Å²) < 4.78 is 20.2. The highest BCUT2D eigenvalue weighted by atomic mass is 28.4. The number of fused-ring (bicyclic) bond motifs is 1. The molecule has 0 spiro atoms. The number of pyridine rings is 2. The zero-order chi connectivity index (χ0) is 37.9. The number of carbonyl (C=O) groups is 1. The molecular weight excluding hydrogens is 665 g/mol. The van der Waals surface area contributed by atoms with Crippen LogP contribution in [0.1, 0.15) is 90.0 Å². The van der Waals surface area contributed by atoms with Gasteiger partial charge < -0.3 is 29.3 Å². The number of H-pyrrole nitrogens is 1. The topological polar surface area (TPSA) is 153 Å². The number of aliphatic hydroxyl groups excluding tert-OH is 1. The Morgan fingerprint density at radius 3 is 2.41 bits per heavy atom. The number of aromatic nitrogens is 4. The number of aromatic amines is 1. The SMILES string of the molecule is Cc1cc(C)c(CNC(O)c2cc(-c3cccc(OCC(CNC(=O)OC(C)(C)C)O[Si](C)(C)C(C)(C)C)c3)nc3nn(C(C)C)cc23)c(=O)[nH]1. The second-order valence-electron chi connectivity index (χ2n) is 16.0. The molecule has 3 heterocycles. The first kappa shape index (κ1) is 39.7. The Morgan fingerprint density at radius 1 is 1.08 bits per heavy atom. The summed E-state index contributed by atoms with van der Waals surface area (Å²) in [6, 6.07) is 11.4. The fourth-order valence-electron chi connectivity index (χ4n) is 5.26. The van der Waals surface area contributed by atoms with Crippen molar-refractivity contribution in [3.63, 3.8) is 0 Å². The first-order chi connectivity index (χ1) is 23.6. The normalized spacial score (nSPS) is 13.8. The molecule has 2 unspecified atom stereocenters. The van der Waals surface area contributed by atoms with E-state index in [1.807, 2.05) is 95.7 Å². The summed E-state index contributed by atoms with van der Waals surface area (Å²) in [5.41, 5.74) is 3.83. The number of hydrogen-bond donors (Lipinski definition) is 4. The van der Waals surface area contributed by atoms with Gasteiger partial charge in [0.25, 0.3) is 5.56 Å². The molecule has 2 atom stereocenters. The Hall–Kier alpha value is -4.04. The van der Waals surface area contributed by atoms with Gasteiger partial charge in [-0.2, -0.15) is 5.10 Å². The monoisotopic (exact) mass is 720 g/mol. The highest BCUT2D eigenvalue weighted by molar-refractivity contribution is 6.74. The van der Waals surface area contributed by atoms with Crippen LogP contribution in [0.3, 0.4) is 0 Å². The zero-order valence-corrected chi connectivity index (χ0v) is 33.2. The van der Waals surface area contributed by atoms with Crippen LogP contribution in [0.4, 0.5) is 4.79 Å². The molecule has 4 rings (SSSR count). The Morgan fingerprint density at radius 2 is 1.78 bits per heavy atom. The van der Waals surface area contributed by atoms with Crippen LogP contribution in [0.15, 0.2) is 47.4 Å². The predicted octanol–water partition coefficient (Wildman–Crippen LogP) is 7.06. The van der Waals surface area contributed by atoms with E-state index in [0.29, 0.717) is 33.6 Å². The average Bonchev–Trinajstić information content (AvgIpc) is 3.45. The molecule has 0 aliphatic carbocycles. The summed E-state index contributed by atoms with van der Waals surface area (Å²) in [4.78, 5) is 32.9. The number of rotatable bonds is 13. The van der Waals surface area contributed by atoms with E-state index in [1.54, 1.807) is 0 Å². The molecule has 0 saturated heterocycles. The number of carbonyl (C=O) groups excluding carboxylic acids is 1. The van der Waals surface area contributed by atoms with E-state index in [4.69, 9.17) is 24.0 Å². The molecule has 13 heteroatoms. The van der Waals surface area contributed by atoms with E-state index in [2.05, 4.69) is 49.5 Å². The summed E-state index contributed by atoms with van der Waals surface area (Å²) in [5.74, 6) is 0.595. The second kappa shape index (κ2) is 15.7. The van der Waals surface area contributed by atoms with Crippen LogP contribution < -0.4 is 20.9 Å². The van der Waals surface area contributed by atoms with Gasteiger partial charge in [0.05, 0.1) is 11.8 Å². The minimum Gasteiger partial charge on any atom is -0.491 e. The summed E-state index contributed by atoms with van der Waals surface area (Å²) in [5, 5.41) is 22.8. The van der Waals surface area contributed by atoms with Crippen molar-refractivity contribution in [3.8, 4) is 17.0 Å². The Kier molecular flexibility index (Phi) is 12.2. The fraction of sp³-hybridized carbons (Fsp3) is 0.526. The number of nitrogens with zero attached hydrogens (tertiary/aromatic N) is 3. The number of amides is 1. The number of ether oxygens (including phenoxy) is 2. The minimum absolute atomic E-state index is 0.0459. The summed E-state index contributed by atoms with van der Waals surface area (Å²) >= 11 is 0. The molecule has 1 amide bonds. The number of alkyl carbamates (subject to hydrolysis) is 1. The molecule has 0 aliphatic rings. The van der Waals surface area contributed by atoms with Crippen LogP contribution in [-0.2, 0) is 15.7 Å². The van der Waals surface area contributed by atoms with Crippen LogP contribution in [-0.4, -0.2) is 64.1 Å². The number of nitrogens with one attached hydrogen (secondary N) is 3. The minimum atomic E-state index is -2.22. The van der Waals surface area contributed by atoms with Crippen LogP contribution in [0, 0.1) is 13.8 Å². The molecule has 4 N–H and O–H groups in total. The van der Waals surface area contributed by atoms with E-state index in [1.165, 1.54) is 0 Å². The van der Waals surface area contributed by atoms with Crippen LogP contribution >= 0.6 is 0 Å². The first-order valence-electron chi connectivity index (χ1n) is 17.5. The summed E-state index contributed by atoms with van der Waals surface area (Å²) in [6.07, 6.45) is -0.157. The lowest BCUT2D eigenvalue weighted by Gasteiger charge is -2.39. The summed E-state index contributed by atoms with van der Waals surface area (Å²) in [6.45, 7) is 24.7. The van der Waals surface area contributed by atoms with Crippen LogP contribution in [0.5, 0.6) is 5.75 Å². The van der Waals surface area contributed by atoms with E-state index < -0.39 is 32.3 Å². The second-order valence-corrected chi connectivity index (χ2v) is 20.7. The largest absolute Gasteiger partial charge is 0.491 e. The quantitative estimate of drug-likeness (QED) is 0.0840. The molecule has 0 saturated carbocycles. The number of benzene rings is 1. The molecule has 278 valence electrons. The van der Waals surface area contributed by atoms with Gasteiger partial charge in [0.15, 0.2) is 14.0 Å². The zero-order valence-electron chi connectivity index (χ0n) is 32.2. The van der Waals surface area contributed by atoms with Gasteiger partial charge in [-0.15, -0.1) is 0 Å². The van der Waals surface area contributed by atoms with Gasteiger partial charge in [0, 0.05) is 53.1 Å². The molecule has 4 aromatic rings. The van der Waals surface area contributed by atoms with Gasteiger partial charge in [-0.25, -0.2) is 9.78 Å². The lowest BCUT2D eigenvalue weighted by atomic mass is 10.0. The van der Waals surface area contributed by atoms with Crippen molar-refractivity contribution in [3.05, 3.63) is 75.3 Å². The third-order valence-corrected chi connectivity index (χ3v) is 13.6. The predicted molar refractivity (Wildman–Crippen MR) is 203 cm³/mol. The molecule has 0 bridgehead atoms. The molecule has 0 fully saturated rings. The standard InChI is InChI=1S/C38H56N6O6Si/c1-23(2)44-21-31-29(34(45)39-20-30-24(3)16-25(4)41-35(30)46)18-32(42-33(31)43-44)26-14-13-15-27(17-26)48-22-28(50-51(11,12)38(8,9)10)19-40-36(47)49-37(5,6)7/h13-18,21,23,28,34,39,45H,19-20,22H2,1-12H3,(H,40,47)(H,41,46). The van der Waals surface area contributed by atoms with Crippen LogP contribution in [0.2, 0.25) is 18.1 Å². The fourth-order valence-corrected chi connectivity index (χ4v) is 6.60. The van der Waals surface area contributed by atoms with Crippen molar-refractivity contribution in [1.29, 1.82) is 0 Å². The van der Waals surface area contributed by atoms with Crippen molar-refractivity contribution in [2.24, 2.45) is 0 Å². The Bertz CT molecular complexity index is 1890. The van der Waals surface area contributed by atoms with Crippen molar-refractivity contribution >= 4 is 25.4 Å². The molecular formula is C38H56N6O6Si. The first-order valence-corrected chi connectivity index (χ1v) is 20.4. The van der Waals surface area contributed by atoms with Gasteiger partial charge in [0.1, 0.15) is 24.2 Å². The van der Waals surface area contributed by atoms with Gasteiger partial charge in [0.2, 0.25) is 0 Å². The number of aliphatic hydroxyl groups is 1.